The Morgan fingerprint density at radius 3 is 3.00 bits per heavy atom. The van der Waals surface area contributed by atoms with E-state index in [2.05, 4.69) is 36.8 Å². The van der Waals surface area contributed by atoms with E-state index in [9.17, 15) is 4.79 Å². The average Bonchev–Trinajstić information content (AvgIpc) is 2.96. The topological polar surface area (TPSA) is 76.1 Å². The number of hydrogen-bond acceptors (Lipinski definition) is 7. The molecule has 0 saturated carbocycles. The van der Waals surface area contributed by atoms with Crippen LogP contribution in [0.25, 0.3) is 0 Å². The quantitative estimate of drug-likeness (QED) is 0.521. The maximum atomic E-state index is 11.9. The standard InChI is InChI=1S/C13H15BrN4O2S2/c1-20-7-6-15-12-17-18-13(22-12)21-8-11(19)16-10-5-3-2-4-9(10)14/h2-5H,6-8H2,1H3,(H,15,17)(H,16,19). The molecule has 0 radical (unpaired) electrons. The predicted octanol–water partition coefficient (Wildman–Crippen LogP) is 3.09. The van der Waals surface area contributed by atoms with Gasteiger partial charge in [-0.1, -0.05) is 35.2 Å². The first kappa shape index (κ1) is 17.2. The number of halogens is 1. The minimum absolute atomic E-state index is 0.0824. The Morgan fingerprint density at radius 1 is 1.41 bits per heavy atom. The van der Waals surface area contributed by atoms with Crippen molar-refractivity contribution in [3.05, 3.63) is 28.7 Å². The third kappa shape index (κ3) is 5.56. The van der Waals surface area contributed by atoms with Crippen molar-refractivity contribution in [2.45, 2.75) is 4.34 Å². The number of hydrogen-bond donors (Lipinski definition) is 2. The van der Waals surface area contributed by atoms with Crippen LogP contribution in [0.4, 0.5) is 10.8 Å². The van der Waals surface area contributed by atoms with Gasteiger partial charge < -0.3 is 15.4 Å². The van der Waals surface area contributed by atoms with Crippen LogP contribution in [0.3, 0.4) is 0 Å². The number of nitrogens with one attached hydrogen (secondary N) is 2. The van der Waals surface area contributed by atoms with Crippen molar-refractivity contribution in [3.63, 3.8) is 0 Å². The zero-order valence-corrected chi connectivity index (χ0v) is 15.1. The number of thioether (sulfide) groups is 1. The molecule has 6 nitrogen and oxygen atoms in total. The third-order valence-electron chi connectivity index (χ3n) is 2.46. The van der Waals surface area contributed by atoms with Crippen LogP contribution in [0.15, 0.2) is 33.1 Å². The zero-order valence-electron chi connectivity index (χ0n) is 11.8. The van der Waals surface area contributed by atoms with E-state index in [4.69, 9.17) is 4.74 Å². The normalized spacial score (nSPS) is 10.5. The highest BCUT2D eigenvalue weighted by Gasteiger charge is 2.09. The number of amides is 1. The molecule has 0 saturated heterocycles. The highest BCUT2D eigenvalue weighted by atomic mass is 79.9. The van der Waals surface area contributed by atoms with Crippen molar-refractivity contribution >= 4 is 55.8 Å². The van der Waals surface area contributed by atoms with Gasteiger partial charge in [0, 0.05) is 18.1 Å². The number of para-hydroxylation sites is 1. The lowest BCUT2D eigenvalue weighted by Crippen LogP contribution is -2.14. The SMILES string of the molecule is COCCNc1nnc(SCC(=O)Nc2ccccc2Br)s1. The molecule has 0 atom stereocenters. The monoisotopic (exact) mass is 402 g/mol. The second kappa shape index (κ2) is 9.09. The molecule has 1 amide bonds. The Balaban J connectivity index is 1.78. The molecule has 1 aromatic carbocycles. The van der Waals surface area contributed by atoms with Gasteiger partial charge in [-0.25, -0.2) is 0 Å². The molecule has 2 N–H and O–H groups in total. The number of carbonyl (C=O) groups is 1. The number of rotatable bonds is 8. The van der Waals surface area contributed by atoms with E-state index in [0.29, 0.717) is 13.2 Å². The highest BCUT2D eigenvalue weighted by Crippen LogP contribution is 2.26. The van der Waals surface area contributed by atoms with E-state index in [-0.39, 0.29) is 11.7 Å². The summed E-state index contributed by atoms with van der Waals surface area (Å²) in [4.78, 5) is 11.9. The van der Waals surface area contributed by atoms with Crippen LogP contribution >= 0.6 is 39.0 Å². The van der Waals surface area contributed by atoms with Crippen molar-refractivity contribution in [3.8, 4) is 0 Å². The maximum absolute atomic E-state index is 11.9. The minimum Gasteiger partial charge on any atom is -0.383 e. The fourth-order valence-electron chi connectivity index (χ4n) is 1.48. The van der Waals surface area contributed by atoms with E-state index < -0.39 is 0 Å². The summed E-state index contributed by atoms with van der Waals surface area (Å²) in [6, 6.07) is 7.49. The Hall–Kier alpha value is -1.16. The van der Waals surface area contributed by atoms with Gasteiger partial charge in [0.25, 0.3) is 0 Å². The lowest BCUT2D eigenvalue weighted by atomic mass is 10.3. The van der Waals surface area contributed by atoms with Crippen LogP contribution in [-0.2, 0) is 9.53 Å². The second-order valence-corrected chi connectivity index (χ2v) is 7.16. The summed E-state index contributed by atoms with van der Waals surface area (Å²) in [6.45, 7) is 1.29. The zero-order chi connectivity index (χ0) is 15.8. The summed E-state index contributed by atoms with van der Waals surface area (Å²) >= 11 is 6.17. The fourth-order valence-corrected chi connectivity index (χ4v) is 3.44. The molecular formula is C13H15BrN4O2S2. The van der Waals surface area contributed by atoms with Gasteiger partial charge in [0.1, 0.15) is 0 Å². The molecule has 0 aliphatic rings. The van der Waals surface area contributed by atoms with Crippen LogP contribution < -0.4 is 10.6 Å². The minimum atomic E-state index is -0.0824. The Bertz CT molecular complexity index is 624. The van der Waals surface area contributed by atoms with Gasteiger partial charge in [0.05, 0.1) is 18.0 Å². The number of benzene rings is 1. The number of nitrogens with zero attached hydrogens (tertiary/aromatic N) is 2. The smallest absolute Gasteiger partial charge is 0.234 e. The maximum Gasteiger partial charge on any atom is 0.234 e. The van der Waals surface area contributed by atoms with E-state index in [1.54, 1.807) is 7.11 Å². The molecular weight excluding hydrogens is 388 g/mol. The van der Waals surface area contributed by atoms with Crippen molar-refractivity contribution in [1.82, 2.24) is 10.2 Å². The molecule has 0 spiro atoms. The summed E-state index contributed by atoms with van der Waals surface area (Å²) < 4.78 is 6.56. The molecule has 0 unspecified atom stereocenters. The molecule has 1 heterocycles. The second-order valence-electron chi connectivity index (χ2n) is 4.11. The molecule has 1 aromatic heterocycles. The first-order valence-corrected chi connectivity index (χ1v) is 9.02. The van der Waals surface area contributed by atoms with E-state index >= 15 is 0 Å². The van der Waals surface area contributed by atoms with Crippen LogP contribution in [0.1, 0.15) is 0 Å². The van der Waals surface area contributed by atoms with Gasteiger partial charge in [0.15, 0.2) is 4.34 Å². The van der Waals surface area contributed by atoms with Gasteiger partial charge in [-0.3, -0.25) is 4.79 Å². The summed E-state index contributed by atoms with van der Waals surface area (Å²) in [5, 5.41) is 14.7. The molecule has 0 fully saturated rings. The molecule has 2 aromatic rings. The lowest BCUT2D eigenvalue weighted by Gasteiger charge is -2.05. The largest absolute Gasteiger partial charge is 0.383 e. The van der Waals surface area contributed by atoms with Gasteiger partial charge in [-0.05, 0) is 28.1 Å². The van der Waals surface area contributed by atoms with Crippen molar-refractivity contribution in [2.24, 2.45) is 0 Å². The van der Waals surface area contributed by atoms with Crippen LogP contribution in [0.2, 0.25) is 0 Å². The molecule has 0 aliphatic heterocycles. The Kier molecular flexibility index (Phi) is 7.10. The average molecular weight is 403 g/mol. The Labute approximate surface area is 145 Å². The lowest BCUT2D eigenvalue weighted by molar-refractivity contribution is -0.113. The number of ether oxygens (including phenoxy) is 1. The summed E-state index contributed by atoms with van der Waals surface area (Å²) in [6.07, 6.45) is 0. The van der Waals surface area contributed by atoms with Gasteiger partial charge in [-0.15, -0.1) is 10.2 Å². The van der Waals surface area contributed by atoms with Gasteiger partial charge in [-0.2, -0.15) is 0 Å². The molecule has 9 heteroatoms. The summed E-state index contributed by atoms with van der Waals surface area (Å²) in [5.74, 6) is 0.203. The third-order valence-corrected chi connectivity index (χ3v) is 5.17. The van der Waals surface area contributed by atoms with Crippen molar-refractivity contribution in [2.75, 3.05) is 36.6 Å². The molecule has 0 bridgehead atoms. The Morgan fingerprint density at radius 2 is 2.23 bits per heavy atom. The molecule has 22 heavy (non-hydrogen) atoms. The number of aromatic nitrogens is 2. The highest BCUT2D eigenvalue weighted by molar-refractivity contribution is 9.10. The van der Waals surface area contributed by atoms with Crippen LogP contribution in [0, 0.1) is 0 Å². The predicted molar refractivity (Wildman–Crippen MR) is 93.8 cm³/mol. The summed E-state index contributed by atoms with van der Waals surface area (Å²) in [5.41, 5.74) is 0.757. The number of anilines is 2. The molecule has 0 aliphatic carbocycles. The first-order chi connectivity index (χ1) is 10.7. The van der Waals surface area contributed by atoms with Gasteiger partial charge in [0.2, 0.25) is 11.0 Å². The van der Waals surface area contributed by atoms with E-state index in [0.717, 1.165) is 19.6 Å². The van der Waals surface area contributed by atoms with Crippen LogP contribution in [0.5, 0.6) is 0 Å². The van der Waals surface area contributed by atoms with Crippen molar-refractivity contribution < 1.29 is 9.53 Å². The van der Waals surface area contributed by atoms with Crippen LogP contribution in [-0.4, -0.2) is 42.1 Å². The molecule has 118 valence electrons. The van der Waals surface area contributed by atoms with Gasteiger partial charge >= 0.3 is 0 Å². The number of carbonyl (C=O) groups excluding carboxylic acids is 1. The fraction of sp³-hybridized carbons (Fsp3) is 0.308. The molecule has 2 rings (SSSR count). The first-order valence-electron chi connectivity index (χ1n) is 6.42. The van der Waals surface area contributed by atoms with Crippen molar-refractivity contribution in [1.29, 1.82) is 0 Å². The summed E-state index contributed by atoms with van der Waals surface area (Å²) in [7, 11) is 1.65. The van der Waals surface area contributed by atoms with E-state index in [1.807, 2.05) is 24.3 Å². The van der Waals surface area contributed by atoms with E-state index in [1.165, 1.54) is 23.1 Å². The number of methoxy groups -OCH3 is 1.